The maximum atomic E-state index is 13.0. The standard InChI is InChI=1S/C16H13FN2O2/c17-12-7-5-11(6-8-12)16(20)19-10-9-14(18-21)13-3-1-2-4-15(13)19/h1-8,21H,9-10H2. The lowest BCUT2D eigenvalue weighted by molar-refractivity contribution is 0.0987. The summed E-state index contributed by atoms with van der Waals surface area (Å²) < 4.78 is 13.0. The summed E-state index contributed by atoms with van der Waals surface area (Å²) in [4.78, 5) is 14.2. The molecule has 1 heterocycles. The number of anilines is 1. The van der Waals surface area contributed by atoms with E-state index in [1.54, 1.807) is 11.0 Å². The number of carbonyl (C=O) groups excluding carboxylic acids is 1. The van der Waals surface area contributed by atoms with Crippen molar-refractivity contribution in [3.8, 4) is 0 Å². The van der Waals surface area contributed by atoms with E-state index in [1.165, 1.54) is 24.3 Å². The van der Waals surface area contributed by atoms with Crippen molar-refractivity contribution in [2.75, 3.05) is 11.4 Å². The van der Waals surface area contributed by atoms with E-state index in [1.807, 2.05) is 18.2 Å². The van der Waals surface area contributed by atoms with Crippen molar-refractivity contribution in [2.24, 2.45) is 5.16 Å². The number of para-hydroxylation sites is 1. The van der Waals surface area contributed by atoms with Crippen LogP contribution in [0, 0.1) is 5.82 Å². The molecule has 1 aliphatic rings. The molecule has 0 aromatic heterocycles. The molecule has 0 aliphatic carbocycles. The van der Waals surface area contributed by atoms with Crippen molar-refractivity contribution in [1.29, 1.82) is 0 Å². The SMILES string of the molecule is O=C(c1ccc(F)cc1)N1CCC(=NO)c2ccccc21. The minimum absolute atomic E-state index is 0.195. The fourth-order valence-corrected chi connectivity index (χ4v) is 2.49. The van der Waals surface area contributed by atoms with Gasteiger partial charge in [-0.3, -0.25) is 4.79 Å². The van der Waals surface area contributed by atoms with E-state index in [0.29, 0.717) is 29.9 Å². The predicted octanol–water partition coefficient (Wildman–Crippen LogP) is 3.05. The molecule has 0 unspecified atom stereocenters. The molecule has 21 heavy (non-hydrogen) atoms. The second-order valence-corrected chi connectivity index (χ2v) is 4.78. The van der Waals surface area contributed by atoms with Gasteiger partial charge in [-0.05, 0) is 30.3 Å². The molecule has 0 atom stereocenters. The Morgan fingerprint density at radius 3 is 2.57 bits per heavy atom. The van der Waals surface area contributed by atoms with Crippen LogP contribution in [-0.4, -0.2) is 23.4 Å². The summed E-state index contributed by atoms with van der Waals surface area (Å²) >= 11 is 0. The Morgan fingerprint density at radius 2 is 1.86 bits per heavy atom. The summed E-state index contributed by atoms with van der Waals surface area (Å²) in [5.41, 5.74) is 2.43. The zero-order valence-electron chi connectivity index (χ0n) is 11.2. The number of hydrogen-bond acceptors (Lipinski definition) is 3. The van der Waals surface area contributed by atoms with E-state index in [0.717, 1.165) is 5.56 Å². The molecule has 0 saturated heterocycles. The second-order valence-electron chi connectivity index (χ2n) is 4.78. The Hall–Kier alpha value is -2.69. The van der Waals surface area contributed by atoms with Gasteiger partial charge in [0.05, 0.1) is 11.4 Å². The van der Waals surface area contributed by atoms with Crippen molar-refractivity contribution in [3.63, 3.8) is 0 Å². The minimum atomic E-state index is -0.375. The van der Waals surface area contributed by atoms with Crippen molar-refractivity contribution in [1.82, 2.24) is 0 Å². The third kappa shape index (κ3) is 2.38. The van der Waals surface area contributed by atoms with Gasteiger partial charge in [0, 0.05) is 24.1 Å². The molecule has 2 aromatic rings. The number of carbonyl (C=O) groups is 1. The van der Waals surface area contributed by atoms with Gasteiger partial charge >= 0.3 is 0 Å². The van der Waals surface area contributed by atoms with Crippen LogP contribution in [0.5, 0.6) is 0 Å². The number of oxime groups is 1. The summed E-state index contributed by atoms with van der Waals surface area (Å²) in [5.74, 6) is -0.570. The van der Waals surface area contributed by atoms with E-state index in [-0.39, 0.29) is 11.7 Å². The highest BCUT2D eigenvalue weighted by atomic mass is 19.1. The maximum Gasteiger partial charge on any atom is 0.258 e. The Kier molecular flexibility index (Phi) is 3.39. The lowest BCUT2D eigenvalue weighted by Gasteiger charge is -2.29. The molecule has 3 rings (SSSR count). The minimum Gasteiger partial charge on any atom is -0.411 e. The first-order chi connectivity index (χ1) is 10.2. The highest BCUT2D eigenvalue weighted by Crippen LogP contribution is 2.28. The summed E-state index contributed by atoms with van der Waals surface area (Å²) in [6, 6.07) is 12.7. The van der Waals surface area contributed by atoms with E-state index in [4.69, 9.17) is 5.21 Å². The van der Waals surface area contributed by atoms with Crippen LogP contribution in [0.4, 0.5) is 10.1 Å². The van der Waals surface area contributed by atoms with Crippen LogP contribution in [0.1, 0.15) is 22.3 Å². The monoisotopic (exact) mass is 284 g/mol. The summed E-state index contributed by atoms with van der Waals surface area (Å²) in [5, 5.41) is 12.3. The molecule has 0 spiro atoms. The fraction of sp³-hybridized carbons (Fsp3) is 0.125. The van der Waals surface area contributed by atoms with Crippen LogP contribution >= 0.6 is 0 Å². The van der Waals surface area contributed by atoms with Crippen LogP contribution in [0.3, 0.4) is 0 Å². The third-order valence-corrected chi connectivity index (χ3v) is 3.53. The highest BCUT2D eigenvalue weighted by Gasteiger charge is 2.26. The smallest absolute Gasteiger partial charge is 0.258 e. The average molecular weight is 284 g/mol. The van der Waals surface area contributed by atoms with E-state index in [9.17, 15) is 9.18 Å². The number of hydrogen-bond donors (Lipinski definition) is 1. The third-order valence-electron chi connectivity index (χ3n) is 3.53. The zero-order chi connectivity index (χ0) is 14.8. The fourth-order valence-electron chi connectivity index (χ4n) is 2.49. The van der Waals surface area contributed by atoms with Crippen LogP contribution in [-0.2, 0) is 0 Å². The molecule has 1 amide bonds. The Morgan fingerprint density at radius 1 is 1.14 bits per heavy atom. The molecule has 1 aliphatic heterocycles. The summed E-state index contributed by atoms with van der Waals surface area (Å²) in [7, 11) is 0. The van der Waals surface area contributed by atoms with Crippen LogP contribution < -0.4 is 4.90 Å². The van der Waals surface area contributed by atoms with Gasteiger partial charge in [-0.25, -0.2) is 4.39 Å². The molecule has 0 fully saturated rings. The Labute approximate surface area is 121 Å². The van der Waals surface area contributed by atoms with E-state index >= 15 is 0 Å². The van der Waals surface area contributed by atoms with Gasteiger partial charge in [0.25, 0.3) is 5.91 Å². The maximum absolute atomic E-state index is 13.0. The molecule has 0 radical (unpaired) electrons. The second kappa shape index (κ2) is 5.36. The molecular formula is C16H13FN2O2. The first-order valence-corrected chi connectivity index (χ1v) is 6.58. The zero-order valence-corrected chi connectivity index (χ0v) is 11.2. The molecule has 0 bridgehead atoms. The number of amides is 1. The lowest BCUT2D eigenvalue weighted by Crippen LogP contribution is -2.37. The number of benzene rings is 2. The Balaban J connectivity index is 2.00. The van der Waals surface area contributed by atoms with E-state index in [2.05, 4.69) is 5.16 Å². The molecule has 106 valence electrons. The summed E-state index contributed by atoms with van der Waals surface area (Å²) in [6.07, 6.45) is 0.473. The normalized spacial score (nSPS) is 15.9. The lowest BCUT2D eigenvalue weighted by atomic mass is 9.99. The predicted molar refractivity (Wildman–Crippen MR) is 77.5 cm³/mol. The number of rotatable bonds is 1. The Bertz CT molecular complexity index is 710. The number of fused-ring (bicyclic) bond motifs is 1. The van der Waals surface area contributed by atoms with Gasteiger partial charge in [0.1, 0.15) is 5.82 Å². The number of nitrogens with zero attached hydrogens (tertiary/aromatic N) is 2. The number of halogens is 1. The molecule has 4 nitrogen and oxygen atoms in total. The van der Waals surface area contributed by atoms with Gasteiger partial charge in [0.15, 0.2) is 0 Å². The first-order valence-electron chi connectivity index (χ1n) is 6.58. The van der Waals surface area contributed by atoms with Crippen molar-refractivity contribution < 1.29 is 14.4 Å². The van der Waals surface area contributed by atoms with Crippen molar-refractivity contribution >= 4 is 17.3 Å². The molecule has 1 N–H and O–H groups in total. The van der Waals surface area contributed by atoms with Crippen molar-refractivity contribution in [3.05, 3.63) is 65.5 Å². The van der Waals surface area contributed by atoms with Crippen LogP contribution in [0.2, 0.25) is 0 Å². The average Bonchev–Trinajstić information content (AvgIpc) is 2.54. The van der Waals surface area contributed by atoms with Gasteiger partial charge in [-0.15, -0.1) is 0 Å². The molecule has 2 aromatic carbocycles. The highest BCUT2D eigenvalue weighted by molar-refractivity contribution is 6.14. The topological polar surface area (TPSA) is 52.9 Å². The van der Waals surface area contributed by atoms with Crippen molar-refractivity contribution in [2.45, 2.75) is 6.42 Å². The molecule has 5 heteroatoms. The molecule has 0 saturated carbocycles. The first kappa shape index (κ1) is 13.3. The largest absolute Gasteiger partial charge is 0.411 e. The van der Waals surface area contributed by atoms with E-state index < -0.39 is 0 Å². The van der Waals surface area contributed by atoms with Gasteiger partial charge in [-0.1, -0.05) is 23.4 Å². The molecular weight excluding hydrogens is 271 g/mol. The van der Waals surface area contributed by atoms with Gasteiger partial charge in [0.2, 0.25) is 0 Å². The van der Waals surface area contributed by atoms with Crippen LogP contribution in [0.15, 0.2) is 53.7 Å². The van der Waals surface area contributed by atoms with Crippen LogP contribution in [0.25, 0.3) is 0 Å². The summed E-state index contributed by atoms with van der Waals surface area (Å²) in [6.45, 7) is 0.423. The van der Waals surface area contributed by atoms with Gasteiger partial charge < -0.3 is 10.1 Å². The van der Waals surface area contributed by atoms with Gasteiger partial charge in [-0.2, -0.15) is 0 Å². The quantitative estimate of drug-likeness (QED) is 0.646.